The van der Waals surface area contributed by atoms with Gasteiger partial charge in [-0.2, -0.15) is 10.2 Å². The summed E-state index contributed by atoms with van der Waals surface area (Å²) in [4.78, 5) is 14.4. The van der Waals surface area contributed by atoms with Crippen molar-refractivity contribution in [1.82, 2.24) is 39.8 Å². The zero-order valence-electron chi connectivity index (χ0n) is 20.7. The SMILES string of the molecule is CN(C)CCOc1cc(F)cc(-c2cncc3[nH]c(-c4n[nH]c5cnc(-c6cnn(C)c6)cc45)cc23)c1. The van der Waals surface area contributed by atoms with Crippen LogP contribution in [-0.2, 0) is 7.05 Å². The van der Waals surface area contributed by atoms with E-state index in [-0.39, 0.29) is 5.82 Å². The van der Waals surface area contributed by atoms with Crippen molar-refractivity contribution in [3.05, 3.63) is 67.1 Å². The first-order valence-corrected chi connectivity index (χ1v) is 11.8. The maximum absolute atomic E-state index is 14.5. The Morgan fingerprint density at radius 2 is 1.86 bits per heavy atom. The van der Waals surface area contributed by atoms with Crippen LogP contribution < -0.4 is 4.74 Å². The first-order valence-electron chi connectivity index (χ1n) is 11.8. The number of nitrogens with zero attached hydrogens (tertiary/aromatic N) is 6. The van der Waals surface area contributed by atoms with E-state index >= 15 is 0 Å². The summed E-state index contributed by atoms with van der Waals surface area (Å²) in [7, 11) is 5.81. The molecule has 6 aromatic rings. The summed E-state index contributed by atoms with van der Waals surface area (Å²) < 4.78 is 22.1. The number of ether oxygens (including phenoxy) is 1. The summed E-state index contributed by atoms with van der Waals surface area (Å²) in [6, 6.07) is 8.76. The highest BCUT2D eigenvalue weighted by molar-refractivity contribution is 6.01. The number of aromatic nitrogens is 7. The number of benzene rings is 1. The van der Waals surface area contributed by atoms with E-state index in [4.69, 9.17) is 4.74 Å². The van der Waals surface area contributed by atoms with Crippen LogP contribution in [0.25, 0.3) is 55.6 Å². The molecule has 5 aromatic heterocycles. The monoisotopic (exact) mass is 496 g/mol. The molecule has 0 saturated heterocycles. The second-order valence-corrected chi connectivity index (χ2v) is 9.25. The Bertz CT molecular complexity index is 1730. The van der Waals surface area contributed by atoms with Crippen LogP contribution in [0, 0.1) is 5.82 Å². The number of aryl methyl sites for hydroxylation is 1. The Morgan fingerprint density at radius 1 is 0.973 bits per heavy atom. The number of halogens is 1. The van der Waals surface area contributed by atoms with Crippen LogP contribution in [0.15, 0.2) is 61.3 Å². The van der Waals surface area contributed by atoms with Gasteiger partial charge < -0.3 is 14.6 Å². The number of hydrogen-bond acceptors (Lipinski definition) is 6. The number of fused-ring (bicyclic) bond motifs is 2. The summed E-state index contributed by atoms with van der Waals surface area (Å²) in [6.45, 7) is 1.20. The molecule has 10 heteroatoms. The molecule has 0 fully saturated rings. The van der Waals surface area contributed by atoms with E-state index < -0.39 is 0 Å². The molecule has 0 aliphatic heterocycles. The van der Waals surface area contributed by atoms with Crippen molar-refractivity contribution >= 4 is 21.8 Å². The van der Waals surface area contributed by atoms with Gasteiger partial charge in [0.1, 0.15) is 23.9 Å². The zero-order valence-corrected chi connectivity index (χ0v) is 20.7. The van der Waals surface area contributed by atoms with Gasteiger partial charge in [0.2, 0.25) is 0 Å². The number of aromatic amines is 2. The molecule has 0 saturated carbocycles. The summed E-state index contributed by atoms with van der Waals surface area (Å²) >= 11 is 0. The minimum Gasteiger partial charge on any atom is -0.492 e. The van der Waals surface area contributed by atoms with Crippen LogP contribution in [0.1, 0.15) is 0 Å². The maximum atomic E-state index is 14.5. The molecule has 0 bridgehead atoms. The minimum absolute atomic E-state index is 0.362. The summed E-state index contributed by atoms with van der Waals surface area (Å²) in [5, 5.41) is 13.7. The van der Waals surface area contributed by atoms with E-state index in [1.165, 1.54) is 12.1 Å². The third-order valence-electron chi connectivity index (χ3n) is 6.24. The van der Waals surface area contributed by atoms with Crippen molar-refractivity contribution in [2.75, 3.05) is 27.2 Å². The quantitative estimate of drug-likeness (QED) is 0.334. The topological polar surface area (TPSA) is 101 Å². The lowest BCUT2D eigenvalue weighted by Crippen LogP contribution is -2.19. The van der Waals surface area contributed by atoms with Gasteiger partial charge in [-0.15, -0.1) is 0 Å². The Kier molecular flexibility index (Phi) is 5.65. The molecule has 2 N–H and O–H groups in total. The van der Waals surface area contributed by atoms with Crippen molar-refractivity contribution in [3.8, 4) is 39.5 Å². The molecule has 6 rings (SSSR count). The average molecular weight is 497 g/mol. The molecular weight excluding hydrogens is 471 g/mol. The molecule has 37 heavy (non-hydrogen) atoms. The van der Waals surface area contributed by atoms with Gasteiger partial charge in [-0.25, -0.2) is 4.39 Å². The predicted molar refractivity (Wildman–Crippen MR) is 141 cm³/mol. The van der Waals surface area contributed by atoms with E-state index in [9.17, 15) is 4.39 Å². The standard InChI is InChI=1S/C27H25FN8O/c1-35(2)4-5-37-19-7-16(6-18(28)8-19)22-12-29-13-25-20(22)9-24(32-25)27-21-10-23(17-11-31-36(3)15-17)30-14-26(21)33-34-27/h6-15,32H,4-5H2,1-3H3,(H,33,34). The Hall–Kier alpha value is -4.57. The molecule has 0 unspecified atom stereocenters. The summed E-state index contributed by atoms with van der Waals surface area (Å²) in [5.74, 6) is 0.122. The minimum atomic E-state index is -0.362. The number of likely N-dealkylation sites (N-methyl/N-ethyl adjacent to an activating group) is 1. The van der Waals surface area contributed by atoms with Crippen molar-refractivity contribution in [1.29, 1.82) is 0 Å². The molecule has 0 amide bonds. The Balaban J connectivity index is 1.40. The van der Waals surface area contributed by atoms with Gasteiger partial charge in [0, 0.05) is 54.0 Å². The molecule has 1 aromatic carbocycles. The van der Waals surface area contributed by atoms with Crippen LogP contribution in [0.4, 0.5) is 4.39 Å². The van der Waals surface area contributed by atoms with Crippen LogP contribution >= 0.6 is 0 Å². The van der Waals surface area contributed by atoms with Gasteiger partial charge in [-0.3, -0.25) is 19.7 Å². The van der Waals surface area contributed by atoms with Crippen LogP contribution in [0.5, 0.6) is 5.75 Å². The molecule has 0 aliphatic rings. The maximum Gasteiger partial charge on any atom is 0.127 e. The Morgan fingerprint density at radius 3 is 2.68 bits per heavy atom. The highest BCUT2D eigenvalue weighted by Gasteiger charge is 2.16. The zero-order chi connectivity index (χ0) is 25.5. The van der Waals surface area contributed by atoms with Gasteiger partial charge in [0.25, 0.3) is 0 Å². The van der Waals surface area contributed by atoms with E-state index in [2.05, 4.69) is 30.2 Å². The molecule has 0 atom stereocenters. The molecule has 9 nitrogen and oxygen atoms in total. The van der Waals surface area contributed by atoms with E-state index in [1.807, 2.05) is 50.4 Å². The third-order valence-corrected chi connectivity index (χ3v) is 6.24. The molecule has 0 spiro atoms. The lowest BCUT2D eigenvalue weighted by atomic mass is 10.0. The molecule has 5 heterocycles. The molecular formula is C27H25FN8O. The largest absolute Gasteiger partial charge is 0.492 e. The van der Waals surface area contributed by atoms with Gasteiger partial charge in [0.05, 0.1) is 41.0 Å². The normalized spacial score (nSPS) is 11.7. The lowest BCUT2D eigenvalue weighted by molar-refractivity contribution is 0.260. The predicted octanol–water partition coefficient (Wildman–Crippen LogP) is 4.65. The number of rotatable bonds is 7. The Labute approximate surface area is 211 Å². The van der Waals surface area contributed by atoms with Crippen molar-refractivity contribution in [2.45, 2.75) is 0 Å². The van der Waals surface area contributed by atoms with Crippen LogP contribution in [-0.4, -0.2) is 67.1 Å². The first kappa shape index (κ1) is 22.9. The molecule has 0 radical (unpaired) electrons. The fraction of sp³-hybridized carbons (Fsp3) is 0.185. The second kappa shape index (κ2) is 9.14. The smallest absolute Gasteiger partial charge is 0.127 e. The van der Waals surface area contributed by atoms with Crippen molar-refractivity contribution in [3.63, 3.8) is 0 Å². The van der Waals surface area contributed by atoms with Gasteiger partial charge in [-0.1, -0.05) is 0 Å². The van der Waals surface area contributed by atoms with E-state index in [0.29, 0.717) is 17.9 Å². The molecule has 0 aliphatic carbocycles. The first-order chi connectivity index (χ1) is 17.9. The van der Waals surface area contributed by atoms with Gasteiger partial charge >= 0.3 is 0 Å². The van der Waals surface area contributed by atoms with Crippen LogP contribution in [0.3, 0.4) is 0 Å². The summed E-state index contributed by atoms with van der Waals surface area (Å²) in [6.07, 6.45) is 8.98. The van der Waals surface area contributed by atoms with Gasteiger partial charge in [0.15, 0.2) is 0 Å². The highest BCUT2D eigenvalue weighted by Crippen LogP contribution is 2.35. The highest BCUT2D eigenvalue weighted by atomic mass is 19.1. The third kappa shape index (κ3) is 4.43. The summed E-state index contributed by atoms with van der Waals surface area (Å²) in [5.41, 5.74) is 6.45. The number of hydrogen-bond donors (Lipinski definition) is 2. The number of nitrogens with one attached hydrogen (secondary N) is 2. The second-order valence-electron chi connectivity index (χ2n) is 9.25. The van der Waals surface area contributed by atoms with E-state index in [0.717, 1.165) is 56.6 Å². The van der Waals surface area contributed by atoms with Crippen molar-refractivity contribution < 1.29 is 9.13 Å². The van der Waals surface area contributed by atoms with Gasteiger partial charge in [-0.05, 0) is 43.9 Å². The van der Waals surface area contributed by atoms with E-state index in [1.54, 1.807) is 29.5 Å². The lowest BCUT2D eigenvalue weighted by Gasteiger charge is -2.12. The number of pyridine rings is 2. The molecule has 186 valence electrons. The fourth-order valence-electron chi connectivity index (χ4n) is 4.39. The fourth-order valence-corrected chi connectivity index (χ4v) is 4.39. The number of H-pyrrole nitrogens is 2. The van der Waals surface area contributed by atoms with Crippen molar-refractivity contribution in [2.24, 2.45) is 7.05 Å². The van der Waals surface area contributed by atoms with Crippen LogP contribution in [0.2, 0.25) is 0 Å². The average Bonchev–Trinajstić information content (AvgIpc) is 3.60.